The second-order valence-corrected chi connectivity index (χ2v) is 8.74. The van der Waals surface area contributed by atoms with Gasteiger partial charge in [0, 0.05) is 29.8 Å². The highest BCUT2D eigenvalue weighted by Gasteiger charge is 2.41. The van der Waals surface area contributed by atoms with E-state index in [-0.39, 0.29) is 29.8 Å². The van der Waals surface area contributed by atoms with Crippen LogP contribution in [0.25, 0.3) is 0 Å². The van der Waals surface area contributed by atoms with E-state index in [4.69, 9.17) is 16.3 Å². The second kappa shape index (κ2) is 9.71. The number of hydrogen-bond acceptors (Lipinski definition) is 4. The van der Waals surface area contributed by atoms with Gasteiger partial charge in [-0.2, -0.15) is 0 Å². The average Bonchev–Trinajstić information content (AvgIpc) is 2.75. The van der Waals surface area contributed by atoms with Crippen molar-refractivity contribution < 1.29 is 14.3 Å². The molecule has 0 saturated carbocycles. The van der Waals surface area contributed by atoms with Crippen molar-refractivity contribution in [1.29, 1.82) is 0 Å². The molecule has 7 heteroatoms. The standard InChI is InChI=1S/C24H28ClN3O3/c1-31-20-9-4-6-17(14-20)26-24(30)16-12-18-7-5-8-19(13-16)28(18)15-23(29)27-22-11-3-2-10-21(22)25/h2-4,6,9-11,14,16,18-19H,5,7-8,12-13,15H2,1H3,(H,26,30)(H,27,29). The molecule has 0 aliphatic carbocycles. The van der Waals surface area contributed by atoms with Crippen LogP contribution in [0.2, 0.25) is 5.02 Å². The number of rotatable bonds is 6. The molecule has 0 radical (unpaired) electrons. The summed E-state index contributed by atoms with van der Waals surface area (Å²) in [4.78, 5) is 27.9. The van der Waals surface area contributed by atoms with Crippen molar-refractivity contribution in [2.24, 2.45) is 5.92 Å². The smallest absolute Gasteiger partial charge is 0.238 e. The van der Waals surface area contributed by atoms with E-state index in [0.717, 1.165) is 37.8 Å². The van der Waals surface area contributed by atoms with E-state index in [2.05, 4.69) is 15.5 Å². The molecule has 2 atom stereocenters. The first kappa shape index (κ1) is 21.7. The van der Waals surface area contributed by atoms with Crippen molar-refractivity contribution in [3.05, 3.63) is 53.6 Å². The maximum Gasteiger partial charge on any atom is 0.238 e. The molecular formula is C24H28ClN3O3. The predicted molar refractivity (Wildman–Crippen MR) is 123 cm³/mol. The minimum Gasteiger partial charge on any atom is -0.497 e. The van der Waals surface area contributed by atoms with Gasteiger partial charge in [0.1, 0.15) is 5.75 Å². The Bertz CT molecular complexity index is 937. The number of fused-ring (bicyclic) bond motifs is 2. The summed E-state index contributed by atoms with van der Waals surface area (Å²) in [5.74, 6) is 0.646. The molecule has 2 N–H and O–H groups in total. The Hall–Kier alpha value is -2.57. The van der Waals surface area contributed by atoms with Crippen LogP contribution < -0.4 is 15.4 Å². The summed E-state index contributed by atoms with van der Waals surface area (Å²) in [5.41, 5.74) is 1.38. The van der Waals surface area contributed by atoms with Crippen LogP contribution in [0.15, 0.2) is 48.5 Å². The molecule has 2 aromatic carbocycles. The van der Waals surface area contributed by atoms with E-state index in [1.165, 1.54) is 0 Å². The SMILES string of the molecule is COc1cccc(NC(=O)C2CC3CCCC(C2)N3CC(=O)Nc2ccccc2Cl)c1. The highest BCUT2D eigenvalue weighted by molar-refractivity contribution is 6.33. The van der Waals surface area contributed by atoms with Crippen molar-refractivity contribution in [1.82, 2.24) is 4.90 Å². The molecule has 31 heavy (non-hydrogen) atoms. The Balaban J connectivity index is 1.37. The maximum atomic E-state index is 12.9. The number of halogens is 1. The van der Waals surface area contributed by atoms with Gasteiger partial charge in [-0.25, -0.2) is 0 Å². The summed E-state index contributed by atoms with van der Waals surface area (Å²) in [6.45, 7) is 0.324. The van der Waals surface area contributed by atoms with E-state index >= 15 is 0 Å². The van der Waals surface area contributed by atoms with Crippen molar-refractivity contribution in [2.75, 3.05) is 24.3 Å². The van der Waals surface area contributed by atoms with E-state index in [1.54, 1.807) is 19.2 Å². The fourth-order valence-electron chi connectivity index (χ4n) is 4.81. The highest BCUT2D eigenvalue weighted by Crippen LogP contribution is 2.37. The first-order valence-electron chi connectivity index (χ1n) is 10.8. The summed E-state index contributed by atoms with van der Waals surface area (Å²) in [6, 6.07) is 15.1. The van der Waals surface area contributed by atoms with E-state index in [9.17, 15) is 9.59 Å². The minimum absolute atomic E-state index is 0.0466. The average molecular weight is 442 g/mol. The third-order valence-electron chi connectivity index (χ3n) is 6.31. The number of carbonyl (C=O) groups is 2. The van der Waals surface area contributed by atoms with Gasteiger partial charge in [-0.05, 0) is 49.9 Å². The molecule has 0 aromatic heterocycles. The number of piperidine rings is 2. The maximum absolute atomic E-state index is 12.9. The predicted octanol–water partition coefficient (Wildman–Crippen LogP) is 4.56. The lowest BCUT2D eigenvalue weighted by Gasteiger charge is -2.48. The Labute approximate surface area is 187 Å². The summed E-state index contributed by atoms with van der Waals surface area (Å²) in [5, 5.41) is 6.49. The van der Waals surface area contributed by atoms with Gasteiger partial charge in [0.2, 0.25) is 11.8 Å². The first-order chi connectivity index (χ1) is 15.0. The number of ether oxygens (including phenoxy) is 1. The second-order valence-electron chi connectivity index (χ2n) is 8.33. The largest absolute Gasteiger partial charge is 0.497 e. The Kier molecular flexibility index (Phi) is 6.78. The fraction of sp³-hybridized carbons (Fsp3) is 0.417. The topological polar surface area (TPSA) is 70.7 Å². The normalized spacial score (nSPS) is 23.1. The van der Waals surface area contributed by atoms with Crippen LogP contribution >= 0.6 is 11.6 Å². The van der Waals surface area contributed by atoms with Gasteiger partial charge >= 0.3 is 0 Å². The lowest BCUT2D eigenvalue weighted by Crippen LogP contribution is -2.55. The zero-order valence-electron chi connectivity index (χ0n) is 17.6. The van der Waals surface area contributed by atoms with Crippen molar-refractivity contribution >= 4 is 34.8 Å². The number of para-hydroxylation sites is 1. The van der Waals surface area contributed by atoms with Crippen LogP contribution in [0, 0.1) is 5.92 Å². The number of anilines is 2. The van der Waals surface area contributed by atoms with Crippen LogP contribution in [0.1, 0.15) is 32.1 Å². The van der Waals surface area contributed by atoms with Gasteiger partial charge < -0.3 is 15.4 Å². The quantitative estimate of drug-likeness (QED) is 0.689. The molecule has 4 rings (SSSR count). The van der Waals surface area contributed by atoms with Crippen LogP contribution in [-0.4, -0.2) is 42.5 Å². The molecule has 2 amide bonds. The molecule has 2 aromatic rings. The van der Waals surface area contributed by atoms with Gasteiger partial charge in [-0.3, -0.25) is 14.5 Å². The highest BCUT2D eigenvalue weighted by atomic mass is 35.5. The van der Waals surface area contributed by atoms with Gasteiger partial charge in [-0.15, -0.1) is 0 Å². The van der Waals surface area contributed by atoms with E-state index in [1.807, 2.05) is 36.4 Å². The summed E-state index contributed by atoms with van der Waals surface area (Å²) in [7, 11) is 1.61. The number of nitrogens with one attached hydrogen (secondary N) is 2. The van der Waals surface area contributed by atoms with Crippen molar-refractivity contribution in [3.63, 3.8) is 0 Å². The molecule has 6 nitrogen and oxygen atoms in total. The molecule has 2 saturated heterocycles. The molecule has 0 spiro atoms. The zero-order valence-corrected chi connectivity index (χ0v) is 18.4. The monoisotopic (exact) mass is 441 g/mol. The Morgan fingerprint density at radius 3 is 2.52 bits per heavy atom. The van der Waals surface area contributed by atoms with Crippen molar-refractivity contribution in [3.8, 4) is 5.75 Å². The van der Waals surface area contributed by atoms with Gasteiger partial charge in [-0.1, -0.05) is 36.2 Å². The number of nitrogens with zero attached hydrogens (tertiary/aromatic N) is 1. The van der Waals surface area contributed by atoms with Crippen LogP contribution in [0.4, 0.5) is 11.4 Å². The van der Waals surface area contributed by atoms with Crippen molar-refractivity contribution in [2.45, 2.75) is 44.2 Å². The number of amides is 2. The molecule has 2 bridgehead atoms. The third kappa shape index (κ3) is 5.20. The van der Waals surface area contributed by atoms with E-state index < -0.39 is 0 Å². The molecule has 2 unspecified atom stereocenters. The molecule has 2 heterocycles. The lowest BCUT2D eigenvalue weighted by molar-refractivity contribution is -0.126. The molecule has 2 aliphatic rings. The third-order valence-corrected chi connectivity index (χ3v) is 6.64. The van der Waals surface area contributed by atoms with E-state index in [0.29, 0.717) is 23.0 Å². The van der Waals surface area contributed by atoms with Crippen LogP contribution in [0.5, 0.6) is 5.75 Å². The summed E-state index contributed by atoms with van der Waals surface area (Å²) >= 11 is 6.17. The van der Waals surface area contributed by atoms with Gasteiger partial charge in [0.25, 0.3) is 0 Å². The Morgan fingerprint density at radius 1 is 1.06 bits per heavy atom. The van der Waals surface area contributed by atoms with Gasteiger partial charge in [0.05, 0.1) is 24.4 Å². The number of benzene rings is 2. The fourth-order valence-corrected chi connectivity index (χ4v) is 5.00. The molecule has 164 valence electrons. The molecule has 2 aliphatic heterocycles. The van der Waals surface area contributed by atoms with Crippen LogP contribution in [0.3, 0.4) is 0 Å². The summed E-state index contributed by atoms with van der Waals surface area (Å²) < 4.78 is 5.24. The number of carbonyl (C=O) groups excluding carboxylic acids is 2. The number of methoxy groups -OCH3 is 1. The van der Waals surface area contributed by atoms with Gasteiger partial charge in [0.15, 0.2) is 0 Å². The molecular weight excluding hydrogens is 414 g/mol. The lowest BCUT2D eigenvalue weighted by atomic mass is 9.78. The van der Waals surface area contributed by atoms with Crippen LogP contribution in [-0.2, 0) is 9.59 Å². The zero-order chi connectivity index (χ0) is 21.8. The molecule has 2 fully saturated rings. The Morgan fingerprint density at radius 2 is 1.81 bits per heavy atom. The summed E-state index contributed by atoms with van der Waals surface area (Å²) in [6.07, 6.45) is 4.71. The number of hydrogen-bond donors (Lipinski definition) is 2. The minimum atomic E-state index is -0.0655. The first-order valence-corrected chi connectivity index (χ1v) is 11.2.